The number of ether oxygens (including phenoxy) is 2. The summed E-state index contributed by atoms with van der Waals surface area (Å²) in [5, 5.41) is 3.04. The molecule has 0 unspecified atom stereocenters. The zero-order valence-corrected chi connectivity index (χ0v) is 16.9. The molecule has 5 rings (SSSR count). The summed E-state index contributed by atoms with van der Waals surface area (Å²) >= 11 is 0. The maximum Gasteiger partial charge on any atom is 0.327 e. The highest BCUT2D eigenvalue weighted by molar-refractivity contribution is 6.02. The maximum absolute atomic E-state index is 13.0. The van der Waals surface area contributed by atoms with Crippen LogP contribution >= 0.6 is 0 Å². The molecule has 30 heavy (non-hydrogen) atoms. The first-order valence-electron chi connectivity index (χ1n) is 10.5. The number of hydrogen-bond donors (Lipinski definition) is 1. The summed E-state index contributed by atoms with van der Waals surface area (Å²) in [5.41, 5.74) is 2.87. The average molecular weight is 410 g/mol. The molecule has 1 aromatic carbocycles. The topological polar surface area (TPSA) is 83.1 Å². The lowest BCUT2D eigenvalue weighted by Gasteiger charge is -2.29. The van der Waals surface area contributed by atoms with E-state index >= 15 is 0 Å². The van der Waals surface area contributed by atoms with Crippen molar-refractivity contribution in [2.75, 3.05) is 79.2 Å². The van der Waals surface area contributed by atoms with Crippen molar-refractivity contribution < 1.29 is 14.3 Å². The predicted molar refractivity (Wildman–Crippen MR) is 115 cm³/mol. The van der Waals surface area contributed by atoms with Gasteiger partial charge in [-0.05, 0) is 24.6 Å². The summed E-state index contributed by atoms with van der Waals surface area (Å²) in [6, 6.07) is 7.79. The van der Waals surface area contributed by atoms with Gasteiger partial charge < -0.3 is 24.6 Å². The van der Waals surface area contributed by atoms with Crippen LogP contribution in [-0.2, 0) is 15.9 Å². The number of rotatable bonds is 3. The van der Waals surface area contributed by atoms with Crippen LogP contribution in [0.1, 0.15) is 5.56 Å². The molecule has 3 aliphatic rings. The molecule has 2 saturated heterocycles. The zero-order chi connectivity index (χ0) is 20.3. The second kappa shape index (κ2) is 8.45. The van der Waals surface area contributed by atoms with E-state index in [9.17, 15) is 4.79 Å². The molecule has 2 aromatic rings. The summed E-state index contributed by atoms with van der Waals surface area (Å²) in [4.78, 5) is 28.3. The molecule has 3 aliphatic heterocycles. The standard InChI is InChI=1S/C21H26N6O3/c28-21(23-17-2-1-3-18(14-17)25-6-10-29-11-7-25)27-5-4-16-15-22-20(24-19(16)27)26-8-12-30-13-9-26/h1-3,14-15H,4-13H2,(H,23,28). The van der Waals surface area contributed by atoms with Crippen molar-refractivity contribution in [3.8, 4) is 0 Å². The number of hydrogen-bond acceptors (Lipinski definition) is 7. The van der Waals surface area contributed by atoms with E-state index < -0.39 is 0 Å². The van der Waals surface area contributed by atoms with Gasteiger partial charge in [0.05, 0.1) is 26.4 Å². The van der Waals surface area contributed by atoms with E-state index in [4.69, 9.17) is 14.5 Å². The van der Waals surface area contributed by atoms with Gasteiger partial charge in [0, 0.05) is 55.9 Å². The van der Waals surface area contributed by atoms with Gasteiger partial charge in [0.15, 0.2) is 0 Å². The van der Waals surface area contributed by atoms with Gasteiger partial charge in [0.2, 0.25) is 5.95 Å². The van der Waals surface area contributed by atoms with Crippen molar-refractivity contribution in [1.29, 1.82) is 0 Å². The molecule has 9 heteroatoms. The average Bonchev–Trinajstić information content (AvgIpc) is 3.24. The normalized spacial score (nSPS) is 19.0. The Balaban J connectivity index is 1.31. The van der Waals surface area contributed by atoms with Crippen LogP contribution in [0.4, 0.5) is 27.9 Å². The lowest BCUT2D eigenvalue weighted by atomic mass is 10.2. The summed E-state index contributed by atoms with van der Waals surface area (Å²) in [6.07, 6.45) is 2.61. The van der Waals surface area contributed by atoms with Crippen LogP contribution in [0.25, 0.3) is 0 Å². The Bertz CT molecular complexity index is 911. The number of carbonyl (C=O) groups is 1. The van der Waals surface area contributed by atoms with Crippen molar-refractivity contribution in [3.63, 3.8) is 0 Å². The fraction of sp³-hybridized carbons (Fsp3) is 0.476. The van der Waals surface area contributed by atoms with Gasteiger partial charge in [-0.2, -0.15) is 4.98 Å². The summed E-state index contributed by atoms with van der Waals surface area (Å²) in [5.74, 6) is 1.36. The van der Waals surface area contributed by atoms with Crippen molar-refractivity contribution in [1.82, 2.24) is 9.97 Å². The smallest absolute Gasteiger partial charge is 0.327 e. The number of aromatic nitrogens is 2. The molecule has 1 N–H and O–H groups in total. The van der Waals surface area contributed by atoms with E-state index in [1.54, 1.807) is 4.90 Å². The molecule has 0 spiro atoms. The second-order valence-corrected chi connectivity index (χ2v) is 7.60. The Morgan fingerprint density at radius 1 is 0.967 bits per heavy atom. The molecule has 0 aliphatic carbocycles. The largest absolute Gasteiger partial charge is 0.378 e. The third kappa shape index (κ3) is 3.90. The van der Waals surface area contributed by atoms with Crippen LogP contribution in [0.3, 0.4) is 0 Å². The minimum absolute atomic E-state index is 0.167. The van der Waals surface area contributed by atoms with Gasteiger partial charge >= 0.3 is 6.03 Å². The van der Waals surface area contributed by atoms with Crippen molar-refractivity contribution in [2.45, 2.75) is 6.42 Å². The molecule has 4 heterocycles. The molecular formula is C21H26N6O3. The highest BCUT2D eigenvalue weighted by Crippen LogP contribution is 2.28. The van der Waals surface area contributed by atoms with Crippen LogP contribution in [0.5, 0.6) is 0 Å². The first kappa shape index (κ1) is 19.1. The van der Waals surface area contributed by atoms with Crippen LogP contribution in [0.2, 0.25) is 0 Å². The Hall–Kier alpha value is -2.91. The Labute approximate surface area is 175 Å². The minimum Gasteiger partial charge on any atom is -0.378 e. The van der Waals surface area contributed by atoms with Gasteiger partial charge in [-0.1, -0.05) is 6.07 Å². The van der Waals surface area contributed by atoms with E-state index in [1.165, 1.54) is 0 Å². The fourth-order valence-corrected chi connectivity index (χ4v) is 4.04. The number of nitrogens with zero attached hydrogens (tertiary/aromatic N) is 5. The molecule has 0 radical (unpaired) electrons. The summed E-state index contributed by atoms with van der Waals surface area (Å²) < 4.78 is 10.8. The maximum atomic E-state index is 13.0. The molecule has 9 nitrogen and oxygen atoms in total. The predicted octanol–water partition coefficient (Wildman–Crippen LogP) is 1.74. The Morgan fingerprint density at radius 3 is 2.47 bits per heavy atom. The Morgan fingerprint density at radius 2 is 1.70 bits per heavy atom. The number of morpholine rings is 2. The molecule has 2 fully saturated rings. The quantitative estimate of drug-likeness (QED) is 0.825. The van der Waals surface area contributed by atoms with Crippen molar-refractivity contribution in [3.05, 3.63) is 36.0 Å². The van der Waals surface area contributed by atoms with E-state index in [0.29, 0.717) is 31.5 Å². The molecule has 0 bridgehead atoms. The number of benzene rings is 1. The van der Waals surface area contributed by atoms with Crippen LogP contribution < -0.4 is 20.0 Å². The number of carbonyl (C=O) groups excluding carboxylic acids is 1. The highest BCUT2D eigenvalue weighted by atomic mass is 16.5. The van der Waals surface area contributed by atoms with Gasteiger partial charge in [-0.15, -0.1) is 0 Å². The third-order valence-corrected chi connectivity index (χ3v) is 5.70. The lowest BCUT2D eigenvalue weighted by Crippen LogP contribution is -2.38. The highest BCUT2D eigenvalue weighted by Gasteiger charge is 2.28. The summed E-state index contributed by atoms with van der Waals surface area (Å²) in [6.45, 7) is 6.65. The zero-order valence-electron chi connectivity index (χ0n) is 16.9. The first-order valence-corrected chi connectivity index (χ1v) is 10.5. The summed E-state index contributed by atoms with van der Waals surface area (Å²) in [7, 11) is 0. The van der Waals surface area contributed by atoms with Crippen LogP contribution in [0, 0.1) is 0 Å². The van der Waals surface area contributed by atoms with Gasteiger partial charge in [0.1, 0.15) is 5.82 Å². The van der Waals surface area contributed by atoms with E-state index in [-0.39, 0.29) is 6.03 Å². The molecule has 0 atom stereocenters. The molecule has 158 valence electrons. The number of urea groups is 1. The monoisotopic (exact) mass is 410 g/mol. The van der Waals surface area contributed by atoms with Gasteiger partial charge in [-0.3, -0.25) is 4.90 Å². The Kier molecular flexibility index (Phi) is 5.37. The van der Waals surface area contributed by atoms with Crippen molar-refractivity contribution in [2.24, 2.45) is 0 Å². The van der Waals surface area contributed by atoms with E-state index in [1.807, 2.05) is 24.4 Å². The number of fused-ring (bicyclic) bond motifs is 1. The number of anilines is 4. The SMILES string of the molecule is O=C(Nc1cccc(N2CCOCC2)c1)N1CCc2cnc(N3CCOCC3)nc21. The molecule has 2 amide bonds. The lowest BCUT2D eigenvalue weighted by molar-refractivity contribution is 0.122. The second-order valence-electron chi connectivity index (χ2n) is 7.60. The number of amides is 2. The van der Waals surface area contributed by atoms with Crippen LogP contribution in [-0.4, -0.2) is 75.2 Å². The van der Waals surface area contributed by atoms with E-state index in [2.05, 4.69) is 26.2 Å². The first-order chi connectivity index (χ1) is 14.8. The molecular weight excluding hydrogens is 384 g/mol. The van der Waals surface area contributed by atoms with E-state index in [0.717, 1.165) is 62.8 Å². The molecule has 0 saturated carbocycles. The fourth-order valence-electron chi connectivity index (χ4n) is 4.04. The number of nitrogens with one attached hydrogen (secondary N) is 1. The third-order valence-electron chi connectivity index (χ3n) is 5.70. The van der Waals surface area contributed by atoms with Crippen LogP contribution in [0.15, 0.2) is 30.5 Å². The van der Waals surface area contributed by atoms with Gasteiger partial charge in [0.25, 0.3) is 0 Å². The molecule has 1 aromatic heterocycles. The van der Waals surface area contributed by atoms with Gasteiger partial charge in [-0.25, -0.2) is 9.78 Å². The minimum atomic E-state index is -0.167. The van der Waals surface area contributed by atoms with Crippen molar-refractivity contribution >= 4 is 29.2 Å².